The van der Waals surface area contributed by atoms with E-state index in [0.29, 0.717) is 24.1 Å². The molecule has 0 aromatic carbocycles. The average molecular weight is 498 g/mol. The number of hydrogen-bond acceptors (Lipinski definition) is 7. The van der Waals surface area contributed by atoms with Gasteiger partial charge in [-0.2, -0.15) is 0 Å². The molecule has 0 amide bonds. The third-order valence-electron chi connectivity index (χ3n) is 2.83. The van der Waals surface area contributed by atoms with Gasteiger partial charge in [-0.05, 0) is 0 Å². The number of rotatable bonds is 19. The Labute approximate surface area is 171 Å². The molecule has 9 heteroatoms. The van der Waals surface area contributed by atoms with Gasteiger partial charge in [-0.15, -0.1) is 0 Å². The van der Waals surface area contributed by atoms with E-state index in [-0.39, 0.29) is 32.2 Å². The molecule has 0 aliphatic heterocycles. The molecular formula is C18H29INO7-. The molecule has 0 aliphatic carbocycles. The van der Waals surface area contributed by atoms with Crippen LogP contribution in [0, 0.1) is 5.21 Å². The zero-order chi connectivity index (χ0) is 20.3. The summed E-state index contributed by atoms with van der Waals surface area (Å²) in [5.41, 5.74) is 0. The standard InChI is InChI=1S/C18H29INO7/c1-5-9-16(7-3)26-18(21)13-24-14-19-25-12-11-23-15-20(22)27-17(8-4)10-6-2/h5-8,16-17,20H,1-4,9-15H2/q-1. The molecule has 0 aromatic heterocycles. The molecule has 3 unspecified atom stereocenters. The Balaban J connectivity index is 3.55. The van der Waals surface area contributed by atoms with Crippen LogP contribution in [0.4, 0.5) is 0 Å². The molecule has 8 nitrogen and oxygen atoms in total. The normalized spacial score (nSPS) is 14.1. The molecular weight excluding hydrogens is 469 g/mol. The fourth-order valence-corrected chi connectivity index (χ4v) is 2.68. The van der Waals surface area contributed by atoms with E-state index in [0.717, 1.165) is 0 Å². The molecule has 0 rings (SSSR count). The van der Waals surface area contributed by atoms with Crippen molar-refractivity contribution in [3.63, 3.8) is 0 Å². The van der Waals surface area contributed by atoms with Crippen LogP contribution in [0.15, 0.2) is 50.6 Å². The van der Waals surface area contributed by atoms with Crippen molar-refractivity contribution in [3.05, 3.63) is 55.8 Å². The Morgan fingerprint density at radius 3 is 2.33 bits per heavy atom. The number of hydroxylamine groups is 2. The maximum absolute atomic E-state index is 11.5. The number of esters is 1. The number of carbonyl (C=O) groups is 1. The summed E-state index contributed by atoms with van der Waals surface area (Å²) in [5.74, 6) is -0.457. The van der Waals surface area contributed by atoms with Gasteiger partial charge in [0.25, 0.3) is 0 Å². The summed E-state index contributed by atoms with van der Waals surface area (Å²) in [5, 5.41) is 11.1. The second kappa shape index (κ2) is 18.3. The van der Waals surface area contributed by atoms with Crippen molar-refractivity contribution < 1.29 is 53.8 Å². The van der Waals surface area contributed by atoms with Gasteiger partial charge in [-0.25, -0.2) is 0 Å². The second-order valence-corrected chi connectivity index (χ2v) is 6.88. The Hall–Kier alpha value is -1.08. The fraction of sp³-hybridized carbons (Fsp3) is 0.500. The van der Waals surface area contributed by atoms with Crippen LogP contribution in [0.1, 0.15) is 12.8 Å². The number of quaternary nitrogens is 1. The molecule has 0 aromatic rings. The molecule has 27 heavy (non-hydrogen) atoms. The number of ether oxygens (including phenoxy) is 3. The topological polar surface area (TPSA) is 90.7 Å². The summed E-state index contributed by atoms with van der Waals surface area (Å²) in [6.45, 7) is 14.6. The molecule has 0 spiro atoms. The average Bonchev–Trinajstić information content (AvgIpc) is 2.65. The van der Waals surface area contributed by atoms with Gasteiger partial charge in [0.1, 0.15) is 0 Å². The third-order valence-corrected chi connectivity index (χ3v) is 4.41. The van der Waals surface area contributed by atoms with Gasteiger partial charge in [-0.3, -0.25) is 0 Å². The van der Waals surface area contributed by atoms with Crippen molar-refractivity contribution in [2.24, 2.45) is 0 Å². The van der Waals surface area contributed by atoms with Gasteiger partial charge >= 0.3 is 172 Å². The number of alkyl halides is 1. The first kappa shape index (κ1) is 25.9. The zero-order valence-corrected chi connectivity index (χ0v) is 17.6. The van der Waals surface area contributed by atoms with E-state index in [2.05, 4.69) is 26.3 Å². The minimum atomic E-state index is -0.682. The van der Waals surface area contributed by atoms with Crippen LogP contribution in [0.5, 0.6) is 0 Å². The Bertz CT molecular complexity index is 447. The Kier molecular flexibility index (Phi) is 17.6. The van der Waals surface area contributed by atoms with Crippen molar-refractivity contribution in [2.45, 2.75) is 25.0 Å². The van der Waals surface area contributed by atoms with Crippen LogP contribution in [-0.4, -0.2) is 49.3 Å². The van der Waals surface area contributed by atoms with Crippen LogP contribution < -0.4 is 26.8 Å². The fourth-order valence-electron chi connectivity index (χ4n) is 1.60. The number of carbonyl (C=O) groups excluding carboxylic acids is 1. The number of hydrogen-bond donors (Lipinski definition) is 1. The molecule has 0 fully saturated rings. The van der Waals surface area contributed by atoms with Gasteiger partial charge in [0.15, 0.2) is 0 Å². The van der Waals surface area contributed by atoms with Gasteiger partial charge in [0, 0.05) is 0 Å². The van der Waals surface area contributed by atoms with Gasteiger partial charge in [0.2, 0.25) is 0 Å². The molecule has 0 heterocycles. The Morgan fingerprint density at radius 2 is 1.70 bits per heavy atom. The van der Waals surface area contributed by atoms with Crippen molar-refractivity contribution in [1.82, 2.24) is 0 Å². The molecule has 1 N–H and O–H groups in total. The van der Waals surface area contributed by atoms with Gasteiger partial charge < -0.3 is 0 Å². The maximum atomic E-state index is 11.5. The van der Waals surface area contributed by atoms with Crippen LogP contribution in [-0.2, 0) is 26.9 Å². The summed E-state index contributed by atoms with van der Waals surface area (Å²) < 4.78 is 21.2. The van der Waals surface area contributed by atoms with Crippen LogP contribution in [0.2, 0.25) is 0 Å². The molecule has 0 radical (unpaired) electrons. The molecule has 0 saturated heterocycles. The van der Waals surface area contributed by atoms with Crippen molar-refractivity contribution in [2.75, 3.05) is 31.2 Å². The molecule has 0 bridgehead atoms. The summed E-state index contributed by atoms with van der Waals surface area (Å²) in [4.78, 5) is 16.6. The number of halogens is 1. The van der Waals surface area contributed by atoms with Crippen molar-refractivity contribution in [1.29, 1.82) is 0 Å². The van der Waals surface area contributed by atoms with Crippen molar-refractivity contribution in [3.8, 4) is 0 Å². The van der Waals surface area contributed by atoms with E-state index in [4.69, 9.17) is 22.1 Å². The zero-order valence-electron chi connectivity index (χ0n) is 15.5. The predicted octanol–water partition coefficient (Wildman–Crippen LogP) is -1.93. The van der Waals surface area contributed by atoms with E-state index in [9.17, 15) is 10.0 Å². The minimum absolute atomic E-state index is 0.137. The molecule has 3 atom stereocenters. The van der Waals surface area contributed by atoms with E-state index < -0.39 is 32.8 Å². The predicted molar refractivity (Wildman–Crippen MR) is 96.7 cm³/mol. The van der Waals surface area contributed by atoms with Crippen LogP contribution >= 0.6 is 0 Å². The van der Waals surface area contributed by atoms with Gasteiger partial charge in [0.05, 0.1) is 0 Å². The van der Waals surface area contributed by atoms with E-state index in [1.54, 1.807) is 24.3 Å². The van der Waals surface area contributed by atoms with Crippen LogP contribution in [0.25, 0.3) is 0 Å². The molecule has 0 aliphatic rings. The molecule has 156 valence electrons. The summed E-state index contributed by atoms with van der Waals surface area (Å²) in [6, 6.07) is 0. The summed E-state index contributed by atoms with van der Waals surface area (Å²) in [6.07, 6.45) is 6.65. The first-order valence-corrected chi connectivity index (χ1v) is 10.7. The van der Waals surface area contributed by atoms with E-state index in [1.807, 2.05) is 0 Å². The monoisotopic (exact) mass is 498 g/mol. The quantitative estimate of drug-likeness (QED) is 0.0422. The second-order valence-electron chi connectivity index (χ2n) is 5.01. The first-order valence-electron chi connectivity index (χ1n) is 8.29. The van der Waals surface area contributed by atoms with E-state index >= 15 is 0 Å². The van der Waals surface area contributed by atoms with Gasteiger partial charge in [-0.1, -0.05) is 0 Å². The van der Waals surface area contributed by atoms with E-state index in [1.165, 1.54) is 0 Å². The van der Waals surface area contributed by atoms with Crippen LogP contribution in [0.3, 0.4) is 0 Å². The SMILES string of the molecule is C=CCC(C=C)OC(=O)COC[I-]OCCOC[NH+]([O-])OC(C=C)CC=C. The number of nitrogens with one attached hydrogen (secondary N) is 1. The summed E-state index contributed by atoms with van der Waals surface area (Å²) >= 11 is -0.682. The first-order chi connectivity index (χ1) is 13.1. The summed E-state index contributed by atoms with van der Waals surface area (Å²) in [7, 11) is 0. The molecule has 0 saturated carbocycles. The Morgan fingerprint density at radius 1 is 1.04 bits per heavy atom. The van der Waals surface area contributed by atoms with Crippen molar-refractivity contribution >= 4 is 5.97 Å². The third kappa shape index (κ3) is 15.7.